The first-order chi connectivity index (χ1) is 13.0. The molecule has 0 aliphatic carbocycles. The molecule has 0 aliphatic rings. The molecule has 0 saturated carbocycles. The normalized spacial score (nSPS) is 10.9. The molecule has 0 spiro atoms. The van der Waals surface area contributed by atoms with Crippen molar-refractivity contribution in [1.82, 2.24) is 19.4 Å². The molecule has 3 rings (SSSR count). The van der Waals surface area contributed by atoms with Crippen LogP contribution in [0.15, 0.2) is 52.2 Å². The van der Waals surface area contributed by atoms with E-state index < -0.39 is 11.1 Å². The zero-order valence-corrected chi connectivity index (χ0v) is 15.6. The highest BCUT2D eigenvalue weighted by molar-refractivity contribution is 6.31. The molecule has 27 heavy (non-hydrogen) atoms. The average molecular weight is 387 g/mol. The molecule has 8 heteroatoms. The van der Waals surface area contributed by atoms with E-state index in [9.17, 15) is 14.4 Å². The highest BCUT2D eigenvalue weighted by Crippen LogP contribution is 2.14. The monoisotopic (exact) mass is 386 g/mol. The van der Waals surface area contributed by atoms with Crippen LogP contribution in [-0.2, 0) is 24.3 Å². The predicted molar refractivity (Wildman–Crippen MR) is 104 cm³/mol. The van der Waals surface area contributed by atoms with Gasteiger partial charge in [-0.3, -0.25) is 23.5 Å². The van der Waals surface area contributed by atoms with E-state index in [1.807, 2.05) is 18.2 Å². The average Bonchev–Trinajstić information content (AvgIpc) is 2.67. The molecule has 2 heterocycles. The van der Waals surface area contributed by atoms with Crippen LogP contribution in [0.4, 0.5) is 0 Å². The number of carbonyl (C=O) groups excluding carboxylic acids is 1. The van der Waals surface area contributed by atoms with Crippen LogP contribution in [0.1, 0.15) is 12.5 Å². The van der Waals surface area contributed by atoms with Gasteiger partial charge in [-0.15, -0.1) is 0 Å². The van der Waals surface area contributed by atoms with E-state index in [-0.39, 0.29) is 12.5 Å². The van der Waals surface area contributed by atoms with Crippen molar-refractivity contribution in [1.29, 1.82) is 0 Å². The van der Waals surface area contributed by atoms with Crippen molar-refractivity contribution in [2.45, 2.75) is 26.4 Å². The van der Waals surface area contributed by atoms with Crippen LogP contribution in [0.2, 0.25) is 5.02 Å². The Morgan fingerprint density at radius 3 is 2.59 bits per heavy atom. The van der Waals surface area contributed by atoms with Crippen LogP contribution in [-0.4, -0.2) is 26.6 Å². The van der Waals surface area contributed by atoms with Crippen molar-refractivity contribution in [2.24, 2.45) is 0 Å². The number of aromatic nitrogens is 3. The lowest BCUT2D eigenvalue weighted by atomic mass is 10.1. The van der Waals surface area contributed by atoms with Crippen LogP contribution in [0.3, 0.4) is 0 Å². The van der Waals surface area contributed by atoms with Gasteiger partial charge < -0.3 is 5.32 Å². The van der Waals surface area contributed by atoms with Gasteiger partial charge in [0.2, 0.25) is 5.91 Å². The van der Waals surface area contributed by atoms with Gasteiger partial charge in [0, 0.05) is 24.3 Å². The Hall–Kier alpha value is -2.93. The first-order valence-corrected chi connectivity index (χ1v) is 8.99. The van der Waals surface area contributed by atoms with Crippen LogP contribution in [0.5, 0.6) is 0 Å². The second-order valence-corrected chi connectivity index (χ2v) is 6.39. The van der Waals surface area contributed by atoms with E-state index in [1.165, 1.54) is 9.13 Å². The van der Waals surface area contributed by atoms with Crippen molar-refractivity contribution >= 4 is 28.7 Å². The van der Waals surface area contributed by atoms with Gasteiger partial charge in [0.1, 0.15) is 6.54 Å². The van der Waals surface area contributed by atoms with Gasteiger partial charge in [-0.25, -0.2) is 4.98 Å². The molecular weight excluding hydrogens is 368 g/mol. The lowest BCUT2D eigenvalue weighted by Crippen LogP contribution is -2.44. The molecule has 0 saturated heterocycles. The van der Waals surface area contributed by atoms with E-state index in [4.69, 9.17) is 11.6 Å². The molecule has 2 aromatic heterocycles. The Morgan fingerprint density at radius 1 is 1.11 bits per heavy atom. The maximum atomic E-state index is 12.4. The van der Waals surface area contributed by atoms with Gasteiger partial charge in [0.05, 0.1) is 5.52 Å². The van der Waals surface area contributed by atoms with Gasteiger partial charge in [0.15, 0.2) is 5.65 Å². The number of rotatable bonds is 6. The first-order valence-electron chi connectivity index (χ1n) is 8.61. The maximum Gasteiger partial charge on any atom is 0.318 e. The molecule has 0 fully saturated rings. The summed E-state index contributed by atoms with van der Waals surface area (Å²) in [6.45, 7) is 2.22. The summed E-state index contributed by atoms with van der Waals surface area (Å²) in [6, 6.07) is 10.7. The molecule has 0 aliphatic heterocycles. The second-order valence-electron chi connectivity index (χ2n) is 5.98. The fraction of sp³-hybridized carbons (Fsp3) is 0.263. The molecule has 1 aromatic carbocycles. The highest BCUT2D eigenvalue weighted by Gasteiger charge is 2.15. The van der Waals surface area contributed by atoms with Crippen molar-refractivity contribution in [3.8, 4) is 0 Å². The molecule has 0 unspecified atom stereocenters. The Bertz CT molecular complexity index is 1100. The molecule has 0 bridgehead atoms. The standard InChI is InChI=1S/C19H19ClN4O3/c1-2-23-17-15(8-5-10-22-17)24(19(27)18(23)26)12-16(25)21-11-9-13-6-3-4-7-14(13)20/h3-8,10H,2,9,11-12H2,1H3,(H,21,25). The third-order valence-corrected chi connectivity index (χ3v) is 4.65. The third kappa shape index (κ3) is 3.93. The van der Waals surface area contributed by atoms with E-state index in [0.717, 1.165) is 5.56 Å². The smallest absolute Gasteiger partial charge is 0.318 e. The van der Waals surface area contributed by atoms with Crippen molar-refractivity contribution in [2.75, 3.05) is 6.54 Å². The number of halogens is 1. The summed E-state index contributed by atoms with van der Waals surface area (Å²) >= 11 is 6.10. The van der Waals surface area contributed by atoms with Crippen LogP contribution >= 0.6 is 11.6 Å². The molecule has 1 N–H and O–H groups in total. The van der Waals surface area contributed by atoms with Gasteiger partial charge in [-0.2, -0.15) is 0 Å². The Labute approximate surface area is 160 Å². The molecular formula is C19H19ClN4O3. The lowest BCUT2D eigenvalue weighted by molar-refractivity contribution is -0.121. The molecule has 3 aromatic rings. The molecule has 140 valence electrons. The second kappa shape index (κ2) is 8.18. The minimum absolute atomic E-state index is 0.247. The van der Waals surface area contributed by atoms with E-state index in [0.29, 0.717) is 35.7 Å². The number of hydrogen-bond acceptors (Lipinski definition) is 4. The topological polar surface area (TPSA) is 86.0 Å². The number of pyridine rings is 1. The van der Waals surface area contributed by atoms with Gasteiger partial charge in [-0.05, 0) is 37.1 Å². The summed E-state index contributed by atoms with van der Waals surface area (Å²) in [6.07, 6.45) is 2.12. The fourth-order valence-corrected chi connectivity index (χ4v) is 3.16. The number of hydrogen-bond donors (Lipinski definition) is 1. The maximum absolute atomic E-state index is 12.4. The SMILES string of the molecule is CCn1c(=O)c(=O)n(CC(=O)NCCc2ccccc2Cl)c2cccnc21. The fourth-order valence-electron chi connectivity index (χ4n) is 2.93. The van der Waals surface area contributed by atoms with Gasteiger partial charge in [0.25, 0.3) is 0 Å². The number of nitrogens with one attached hydrogen (secondary N) is 1. The summed E-state index contributed by atoms with van der Waals surface area (Å²) in [5.41, 5.74) is 0.335. The largest absolute Gasteiger partial charge is 0.354 e. The Balaban J connectivity index is 1.79. The highest BCUT2D eigenvalue weighted by atomic mass is 35.5. The summed E-state index contributed by atoms with van der Waals surface area (Å²) in [7, 11) is 0. The first kappa shape index (κ1) is 18.8. The summed E-state index contributed by atoms with van der Waals surface area (Å²) < 4.78 is 2.48. The number of amides is 1. The number of carbonyl (C=O) groups is 1. The number of benzene rings is 1. The number of aryl methyl sites for hydroxylation is 1. The molecule has 0 atom stereocenters. The summed E-state index contributed by atoms with van der Waals surface area (Å²) in [4.78, 5) is 41.2. The quantitative estimate of drug-likeness (QED) is 0.652. The zero-order chi connectivity index (χ0) is 19.4. The van der Waals surface area contributed by atoms with E-state index in [2.05, 4.69) is 10.3 Å². The van der Waals surface area contributed by atoms with Gasteiger partial charge >= 0.3 is 11.1 Å². The summed E-state index contributed by atoms with van der Waals surface area (Å²) in [5.74, 6) is -0.358. The van der Waals surface area contributed by atoms with Crippen LogP contribution in [0, 0.1) is 0 Å². The Kier molecular flexibility index (Phi) is 5.71. The van der Waals surface area contributed by atoms with Crippen LogP contribution in [0.25, 0.3) is 11.2 Å². The molecule has 1 amide bonds. The third-order valence-electron chi connectivity index (χ3n) is 4.28. The minimum Gasteiger partial charge on any atom is -0.354 e. The number of nitrogens with zero attached hydrogens (tertiary/aromatic N) is 3. The van der Waals surface area contributed by atoms with E-state index in [1.54, 1.807) is 31.3 Å². The van der Waals surface area contributed by atoms with Crippen molar-refractivity contribution in [3.63, 3.8) is 0 Å². The summed E-state index contributed by atoms with van der Waals surface area (Å²) in [5, 5.41) is 3.40. The lowest BCUT2D eigenvalue weighted by Gasteiger charge is -2.13. The van der Waals surface area contributed by atoms with Crippen LogP contribution < -0.4 is 16.4 Å². The molecule has 7 nitrogen and oxygen atoms in total. The van der Waals surface area contributed by atoms with Gasteiger partial charge in [-0.1, -0.05) is 29.8 Å². The van der Waals surface area contributed by atoms with Crippen molar-refractivity contribution < 1.29 is 4.79 Å². The Morgan fingerprint density at radius 2 is 1.85 bits per heavy atom. The predicted octanol–water partition coefficient (Wildman–Crippen LogP) is 1.59. The van der Waals surface area contributed by atoms with E-state index >= 15 is 0 Å². The molecule has 0 radical (unpaired) electrons. The van der Waals surface area contributed by atoms with Crippen molar-refractivity contribution in [3.05, 3.63) is 73.9 Å². The number of fused-ring (bicyclic) bond motifs is 1. The zero-order valence-electron chi connectivity index (χ0n) is 14.8. The minimum atomic E-state index is -0.737.